The number of fused-ring (bicyclic) bond motifs is 1. The normalized spacial score (nSPS) is 10.7. The minimum Gasteiger partial charge on any atom is -0.362 e. The highest BCUT2D eigenvalue weighted by molar-refractivity contribution is 8.22. The third-order valence-electron chi connectivity index (χ3n) is 2.35. The number of hydrogen-bond acceptors (Lipinski definition) is 2. The van der Waals surface area contributed by atoms with E-state index in [0.717, 1.165) is 4.32 Å². The molecule has 2 aromatic rings. The molecule has 0 aliphatic rings. The van der Waals surface area contributed by atoms with Gasteiger partial charge in [-0.15, -0.1) is 0 Å². The predicted molar refractivity (Wildman–Crippen MR) is 75.9 cm³/mol. The van der Waals surface area contributed by atoms with Crippen LogP contribution in [0.1, 0.15) is 5.56 Å². The number of aromatic nitrogens is 1. The van der Waals surface area contributed by atoms with Gasteiger partial charge in [0.25, 0.3) is 0 Å². The lowest BCUT2D eigenvalue weighted by Crippen LogP contribution is -2.17. The smallest absolute Gasteiger partial charge is 0.156 e. The Labute approximate surface area is 105 Å². The highest BCUT2D eigenvalue weighted by Crippen LogP contribution is 2.23. The monoisotopic (exact) mass is 250 g/mol. The van der Waals surface area contributed by atoms with Gasteiger partial charge in [0.05, 0.1) is 5.52 Å². The lowest BCUT2D eigenvalue weighted by Gasteiger charge is -2.13. The van der Waals surface area contributed by atoms with Gasteiger partial charge in [0, 0.05) is 37.6 Å². The van der Waals surface area contributed by atoms with E-state index in [1.165, 1.54) is 16.5 Å². The first-order valence-corrected chi connectivity index (χ1v) is 6.23. The molecular weight excluding hydrogens is 236 g/mol. The lowest BCUT2D eigenvalue weighted by atomic mass is 10.2. The number of thiocarbonyl (C=S) groups is 1. The van der Waals surface area contributed by atoms with Crippen LogP contribution < -0.4 is 0 Å². The molecule has 0 atom stereocenters. The fraction of sp³-hybridized carbons (Fsp3) is 0.250. The Morgan fingerprint density at radius 2 is 2.06 bits per heavy atom. The third-order valence-corrected chi connectivity index (χ3v) is 3.98. The van der Waals surface area contributed by atoms with Crippen LogP contribution in [0, 0.1) is 6.92 Å². The molecule has 0 spiro atoms. The number of aryl methyl sites for hydroxylation is 1. The van der Waals surface area contributed by atoms with Crippen molar-refractivity contribution in [3.63, 3.8) is 0 Å². The number of rotatable bonds is 1. The molecule has 0 N–H and O–H groups in total. The molecule has 4 heteroatoms. The van der Waals surface area contributed by atoms with E-state index >= 15 is 0 Å². The zero-order valence-corrected chi connectivity index (χ0v) is 11.2. The van der Waals surface area contributed by atoms with E-state index in [-0.39, 0.29) is 0 Å². The summed E-state index contributed by atoms with van der Waals surface area (Å²) in [5.41, 5.74) is 2.48. The summed E-state index contributed by atoms with van der Waals surface area (Å²) in [5, 5.41) is 1.25. The number of nitrogens with zero attached hydrogens (tertiary/aromatic N) is 2. The zero-order chi connectivity index (χ0) is 11.7. The lowest BCUT2D eigenvalue weighted by molar-refractivity contribution is 0.647. The van der Waals surface area contributed by atoms with Crippen molar-refractivity contribution in [2.45, 2.75) is 6.92 Å². The third kappa shape index (κ3) is 2.23. The molecule has 0 bridgehead atoms. The van der Waals surface area contributed by atoms with Crippen LogP contribution in [0.5, 0.6) is 0 Å². The van der Waals surface area contributed by atoms with E-state index < -0.39 is 0 Å². The quantitative estimate of drug-likeness (QED) is 0.718. The van der Waals surface area contributed by atoms with E-state index in [4.69, 9.17) is 12.2 Å². The fourth-order valence-electron chi connectivity index (χ4n) is 1.46. The first-order chi connectivity index (χ1) is 7.58. The first kappa shape index (κ1) is 11.5. The predicted octanol–water partition coefficient (Wildman–Crippen LogP) is 3.29. The van der Waals surface area contributed by atoms with Gasteiger partial charge in [0.1, 0.15) is 0 Å². The van der Waals surface area contributed by atoms with E-state index in [2.05, 4.69) is 41.4 Å². The SMILES string of the molecule is Cc1ccc2ccn(SC(=S)N(C)C)c2c1. The zero-order valence-electron chi connectivity index (χ0n) is 9.60. The summed E-state index contributed by atoms with van der Waals surface area (Å²) in [6.45, 7) is 2.10. The van der Waals surface area contributed by atoms with E-state index in [1.54, 1.807) is 11.9 Å². The van der Waals surface area contributed by atoms with E-state index in [9.17, 15) is 0 Å². The Morgan fingerprint density at radius 3 is 2.75 bits per heavy atom. The van der Waals surface area contributed by atoms with Crippen molar-refractivity contribution >= 4 is 39.4 Å². The molecule has 0 amide bonds. The van der Waals surface area contributed by atoms with Crippen LogP contribution in [0.15, 0.2) is 30.5 Å². The molecule has 84 valence electrons. The molecule has 1 heterocycles. The van der Waals surface area contributed by atoms with Gasteiger partial charge >= 0.3 is 0 Å². The molecular formula is C12H14N2S2. The topological polar surface area (TPSA) is 8.17 Å². The van der Waals surface area contributed by atoms with Crippen LogP contribution in [-0.4, -0.2) is 27.3 Å². The van der Waals surface area contributed by atoms with Crippen LogP contribution in [0.3, 0.4) is 0 Å². The summed E-state index contributed by atoms with van der Waals surface area (Å²) in [5.74, 6) is 0. The van der Waals surface area contributed by atoms with E-state index in [1.807, 2.05) is 19.0 Å². The summed E-state index contributed by atoms with van der Waals surface area (Å²) in [4.78, 5) is 1.95. The van der Waals surface area contributed by atoms with Gasteiger partial charge < -0.3 is 4.90 Å². The average Bonchev–Trinajstić information content (AvgIpc) is 2.61. The van der Waals surface area contributed by atoms with Gasteiger partial charge in [-0.25, -0.2) is 0 Å². The second kappa shape index (κ2) is 4.47. The molecule has 0 radical (unpaired) electrons. The van der Waals surface area contributed by atoms with Gasteiger partial charge in [-0.1, -0.05) is 24.4 Å². The Morgan fingerprint density at radius 1 is 1.31 bits per heavy atom. The minimum atomic E-state index is 0.860. The van der Waals surface area contributed by atoms with Crippen molar-refractivity contribution in [1.29, 1.82) is 0 Å². The molecule has 0 saturated carbocycles. The molecule has 0 saturated heterocycles. The highest BCUT2D eigenvalue weighted by atomic mass is 32.2. The highest BCUT2D eigenvalue weighted by Gasteiger charge is 2.05. The van der Waals surface area contributed by atoms with Crippen molar-refractivity contribution in [3.05, 3.63) is 36.0 Å². The van der Waals surface area contributed by atoms with Gasteiger partial charge in [0.15, 0.2) is 4.32 Å². The largest absolute Gasteiger partial charge is 0.362 e. The molecule has 2 rings (SSSR count). The second-order valence-electron chi connectivity index (χ2n) is 3.96. The summed E-state index contributed by atoms with van der Waals surface area (Å²) >= 11 is 6.86. The average molecular weight is 250 g/mol. The summed E-state index contributed by atoms with van der Waals surface area (Å²) in [6.07, 6.45) is 2.06. The van der Waals surface area contributed by atoms with Crippen molar-refractivity contribution in [2.75, 3.05) is 14.1 Å². The van der Waals surface area contributed by atoms with Crippen molar-refractivity contribution in [1.82, 2.24) is 8.87 Å². The fourth-order valence-corrected chi connectivity index (χ4v) is 2.41. The molecule has 1 aromatic heterocycles. The van der Waals surface area contributed by atoms with Crippen LogP contribution in [0.25, 0.3) is 10.9 Å². The number of hydrogen-bond donors (Lipinski definition) is 0. The maximum Gasteiger partial charge on any atom is 0.156 e. The van der Waals surface area contributed by atoms with Crippen LogP contribution in [0.2, 0.25) is 0 Å². The van der Waals surface area contributed by atoms with Crippen LogP contribution >= 0.6 is 24.2 Å². The standard InChI is InChI=1S/C12H14N2S2/c1-9-4-5-10-6-7-14(11(10)8-9)16-12(15)13(2)3/h4-8H,1-3H3. The number of benzene rings is 1. The second-order valence-corrected chi connectivity index (χ2v) is 5.56. The van der Waals surface area contributed by atoms with Crippen molar-refractivity contribution in [3.8, 4) is 0 Å². The Kier molecular flexibility index (Phi) is 3.21. The van der Waals surface area contributed by atoms with Gasteiger partial charge in [-0.3, -0.25) is 3.97 Å². The molecule has 16 heavy (non-hydrogen) atoms. The maximum absolute atomic E-state index is 5.29. The van der Waals surface area contributed by atoms with Crippen molar-refractivity contribution < 1.29 is 0 Å². The first-order valence-electron chi connectivity index (χ1n) is 5.05. The summed E-state index contributed by atoms with van der Waals surface area (Å²) in [6, 6.07) is 8.56. The minimum absolute atomic E-state index is 0.860. The van der Waals surface area contributed by atoms with Crippen LogP contribution in [-0.2, 0) is 0 Å². The van der Waals surface area contributed by atoms with Crippen LogP contribution in [0.4, 0.5) is 0 Å². The molecule has 2 nitrogen and oxygen atoms in total. The Hall–Kier alpha value is -1.00. The molecule has 0 aliphatic heterocycles. The van der Waals surface area contributed by atoms with Gasteiger partial charge in [0.2, 0.25) is 0 Å². The maximum atomic E-state index is 5.29. The molecule has 0 unspecified atom stereocenters. The Balaban J connectivity index is 2.38. The summed E-state index contributed by atoms with van der Waals surface area (Å²) in [7, 11) is 3.93. The summed E-state index contributed by atoms with van der Waals surface area (Å²) < 4.78 is 2.98. The molecule has 1 aromatic carbocycles. The van der Waals surface area contributed by atoms with E-state index in [0.29, 0.717) is 0 Å². The van der Waals surface area contributed by atoms with Crippen molar-refractivity contribution in [2.24, 2.45) is 0 Å². The van der Waals surface area contributed by atoms with Gasteiger partial charge in [-0.05, 0) is 24.6 Å². The van der Waals surface area contributed by atoms with Gasteiger partial charge in [-0.2, -0.15) is 0 Å². The molecule has 0 fully saturated rings. The molecule has 0 aliphatic carbocycles. The Bertz CT molecular complexity index is 529.